The van der Waals surface area contributed by atoms with Gasteiger partial charge < -0.3 is 0 Å². The zero-order valence-corrected chi connectivity index (χ0v) is 67.6. The van der Waals surface area contributed by atoms with Crippen LogP contribution >= 0.6 is 7.26 Å². The quantitative estimate of drug-likeness (QED) is 0.0421. The van der Waals surface area contributed by atoms with Crippen molar-refractivity contribution in [3.63, 3.8) is 0 Å². The van der Waals surface area contributed by atoms with Gasteiger partial charge in [-0.2, -0.15) is 0 Å². The lowest BCUT2D eigenvalue weighted by Gasteiger charge is -2.28. The number of unbranched alkanes of at least 4 members (excludes halogenated alkanes) is 80. The third-order valence-electron chi connectivity index (χ3n) is 22.9. The molecule has 0 aromatic rings. The van der Waals surface area contributed by atoms with Gasteiger partial charge in [0.15, 0.2) is 0 Å². The summed E-state index contributed by atoms with van der Waals surface area (Å²) < 4.78 is 0. The maximum atomic E-state index is 2.33. The smallest absolute Gasteiger partial charge is 0.0594 e. The van der Waals surface area contributed by atoms with Crippen molar-refractivity contribution in [2.75, 3.05) is 24.6 Å². The Kier molecular flexibility index (Phi) is 87.1. The van der Waals surface area contributed by atoms with Crippen LogP contribution in [-0.2, 0) is 0 Å². The lowest BCUT2D eigenvalue weighted by Crippen LogP contribution is -2.13. The summed E-state index contributed by atoms with van der Waals surface area (Å²) in [6.07, 6.45) is 132. The van der Waals surface area contributed by atoms with Gasteiger partial charge in [0, 0.05) is 7.26 Å². The van der Waals surface area contributed by atoms with E-state index in [1.807, 2.05) is 0 Å². The second-order valence-electron chi connectivity index (χ2n) is 32.5. The lowest BCUT2D eigenvalue weighted by atomic mass is 10.0. The van der Waals surface area contributed by atoms with E-state index in [9.17, 15) is 0 Å². The molecular formula is C92H188P+. The Bertz CT molecular complexity index is 1050. The van der Waals surface area contributed by atoms with Crippen molar-refractivity contribution in [1.29, 1.82) is 0 Å². The van der Waals surface area contributed by atoms with Crippen LogP contribution in [0.25, 0.3) is 0 Å². The van der Waals surface area contributed by atoms with Crippen LogP contribution in [0.1, 0.15) is 567 Å². The third-order valence-corrected chi connectivity index (χ3v) is 28.0. The van der Waals surface area contributed by atoms with Gasteiger partial charge in [0.25, 0.3) is 0 Å². The van der Waals surface area contributed by atoms with E-state index in [1.54, 1.807) is 76.0 Å². The SMILES string of the molecule is CCCCCCCCCCCCCCCCCCCCCCC[P+](CCCCCCCCCCCCCCCCCCCCCCC)(CCCCCCCCCCCCCCCCCCCCCCC)CCCCCCCCCCCCCCCCCCCCCCC. The van der Waals surface area contributed by atoms with E-state index in [-0.39, 0.29) is 0 Å². The molecule has 0 aliphatic heterocycles. The van der Waals surface area contributed by atoms with Gasteiger partial charge in [0.2, 0.25) is 0 Å². The Balaban J connectivity index is 5.00. The third kappa shape index (κ3) is 81.3. The minimum absolute atomic E-state index is 0.876. The fraction of sp³-hybridized carbons (Fsp3) is 1.00. The topological polar surface area (TPSA) is 0 Å². The van der Waals surface area contributed by atoms with E-state index >= 15 is 0 Å². The Morgan fingerprint density at radius 1 is 0.0860 bits per heavy atom. The molecule has 0 aliphatic carbocycles. The summed E-state index contributed by atoms with van der Waals surface area (Å²) in [4.78, 5) is 0. The maximum Gasteiger partial charge on any atom is 0.0594 e. The summed E-state index contributed by atoms with van der Waals surface area (Å²) in [7, 11) is -0.876. The molecule has 1 heteroatoms. The van der Waals surface area contributed by atoms with Crippen LogP contribution in [0.3, 0.4) is 0 Å². The highest BCUT2D eigenvalue weighted by Gasteiger charge is 2.35. The van der Waals surface area contributed by atoms with Gasteiger partial charge in [-0.1, -0.05) is 516 Å². The summed E-state index contributed by atoms with van der Waals surface area (Å²) in [5.74, 6) is 0. The molecule has 0 fully saturated rings. The van der Waals surface area contributed by atoms with Crippen LogP contribution in [0.5, 0.6) is 0 Å². The molecule has 0 amide bonds. The minimum atomic E-state index is -0.876. The highest BCUT2D eigenvalue weighted by molar-refractivity contribution is 7.75. The summed E-state index contributed by atoms with van der Waals surface area (Å²) >= 11 is 0. The molecule has 0 atom stereocenters. The molecule has 0 radical (unpaired) electrons. The van der Waals surface area contributed by atoms with Crippen LogP contribution in [0, 0.1) is 0 Å². The van der Waals surface area contributed by atoms with Crippen molar-refractivity contribution in [1.82, 2.24) is 0 Å². The molecule has 0 unspecified atom stereocenters. The van der Waals surface area contributed by atoms with Gasteiger partial charge >= 0.3 is 0 Å². The summed E-state index contributed by atoms with van der Waals surface area (Å²) in [6, 6.07) is 0. The predicted molar refractivity (Wildman–Crippen MR) is 437 cm³/mol. The second kappa shape index (κ2) is 86.7. The number of hydrogen-bond acceptors (Lipinski definition) is 0. The van der Waals surface area contributed by atoms with E-state index in [4.69, 9.17) is 0 Å². The maximum absolute atomic E-state index is 2.33. The normalized spacial score (nSPS) is 12.0. The summed E-state index contributed by atoms with van der Waals surface area (Å²) in [5, 5.41) is 0. The van der Waals surface area contributed by atoms with Gasteiger partial charge in [0.05, 0.1) is 24.6 Å². The second-order valence-corrected chi connectivity index (χ2v) is 37.0. The van der Waals surface area contributed by atoms with Crippen LogP contribution in [0.2, 0.25) is 0 Å². The molecule has 0 bridgehead atoms. The highest BCUT2D eigenvalue weighted by atomic mass is 31.2. The average Bonchev–Trinajstić information content (AvgIpc) is 2.26. The molecule has 0 saturated carbocycles. The molecule has 0 saturated heterocycles. The summed E-state index contributed by atoms with van der Waals surface area (Å²) in [6.45, 7) is 9.33. The van der Waals surface area contributed by atoms with E-state index in [0.717, 1.165) is 0 Å². The minimum Gasteiger partial charge on any atom is -0.0654 e. The van der Waals surface area contributed by atoms with Crippen molar-refractivity contribution in [3.8, 4) is 0 Å². The Hall–Kier alpha value is 0.430. The van der Waals surface area contributed by atoms with Crippen molar-refractivity contribution < 1.29 is 0 Å². The molecule has 0 nitrogen and oxygen atoms in total. The molecule has 560 valence electrons. The molecule has 0 aromatic carbocycles. The zero-order chi connectivity index (χ0) is 66.7. The van der Waals surface area contributed by atoms with Crippen LogP contribution in [0.15, 0.2) is 0 Å². The Labute approximate surface area is 595 Å². The molecule has 0 rings (SSSR count). The van der Waals surface area contributed by atoms with Gasteiger partial charge in [-0.05, 0) is 51.4 Å². The van der Waals surface area contributed by atoms with Crippen molar-refractivity contribution >= 4 is 7.26 Å². The number of rotatable bonds is 88. The predicted octanol–water partition coefficient (Wildman–Crippen LogP) is 35.9. The first kappa shape index (κ1) is 93.4. The highest BCUT2D eigenvalue weighted by Crippen LogP contribution is 2.61. The summed E-state index contributed by atoms with van der Waals surface area (Å²) in [5.41, 5.74) is 0. The van der Waals surface area contributed by atoms with Crippen LogP contribution in [-0.4, -0.2) is 24.6 Å². The van der Waals surface area contributed by atoms with Crippen LogP contribution in [0.4, 0.5) is 0 Å². The number of hydrogen-bond donors (Lipinski definition) is 0. The van der Waals surface area contributed by atoms with E-state index in [1.165, 1.54) is 488 Å². The molecular weight excluding hydrogens is 1140 g/mol. The molecule has 0 N–H and O–H groups in total. The Morgan fingerprint density at radius 3 is 0.226 bits per heavy atom. The fourth-order valence-corrected chi connectivity index (χ4v) is 21.1. The first-order valence-corrected chi connectivity index (χ1v) is 48.6. The lowest BCUT2D eigenvalue weighted by molar-refractivity contribution is 0.520. The molecule has 0 aliphatic rings. The molecule has 0 aromatic heterocycles. The van der Waals surface area contributed by atoms with E-state index in [2.05, 4.69) is 27.7 Å². The van der Waals surface area contributed by atoms with Gasteiger partial charge in [0.1, 0.15) is 0 Å². The largest absolute Gasteiger partial charge is 0.0654 e. The van der Waals surface area contributed by atoms with Crippen molar-refractivity contribution in [3.05, 3.63) is 0 Å². The average molecular weight is 1330 g/mol. The van der Waals surface area contributed by atoms with Gasteiger partial charge in [-0.25, -0.2) is 0 Å². The van der Waals surface area contributed by atoms with Crippen molar-refractivity contribution in [2.45, 2.75) is 567 Å². The van der Waals surface area contributed by atoms with Crippen molar-refractivity contribution in [2.24, 2.45) is 0 Å². The van der Waals surface area contributed by atoms with E-state index in [0.29, 0.717) is 0 Å². The van der Waals surface area contributed by atoms with Gasteiger partial charge in [-0.15, -0.1) is 0 Å². The van der Waals surface area contributed by atoms with Crippen LogP contribution < -0.4 is 0 Å². The molecule has 93 heavy (non-hydrogen) atoms. The van der Waals surface area contributed by atoms with Gasteiger partial charge in [-0.3, -0.25) is 0 Å². The Morgan fingerprint density at radius 2 is 0.151 bits per heavy atom. The van der Waals surface area contributed by atoms with E-state index < -0.39 is 7.26 Å². The first-order chi connectivity index (χ1) is 46.2. The zero-order valence-electron chi connectivity index (χ0n) is 66.7. The first-order valence-electron chi connectivity index (χ1n) is 46.1. The molecule has 0 heterocycles. The standard InChI is InChI=1S/C92H188P/c1-5-9-13-17-21-25-29-33-37-41-45-49-53-57-61-65-69-73-77-81-85-89-93(90-86-82-78-74-70-66-62-58-54-50-46-42-38-34-30-26-22-18-14-10-6-2,91-87-83-79-75-71-67-63-59-55-51-47-43-39-35-31-27-23-19-15-11-7-3)92-88-84-80-76-72-68-64-60-56-52-48-44-40-36-32-28-24-20-16-12-8-4/h5-92H2,1-4H3/q+1. The monoisotopic (exact) mass is 1320 g/mol. The molecule has 0 spiro atoms. The fourth-order valence-electron chi connectivity index (χ4n) is 16.2.